The van der Waals surface area contributed by atoms with Crippen LogP contribution >= 0.6 is 0 Å². The van der Waals surface area contributed by atoms with E-state index in [-0.39, 0.29) is 18.7 Å². The van der Waals surface area contributed by atoms with Gasteiger partial charge in [0, 0.05) is 18.4 Å². The topological polar surface area (TPSA) is 140 Å². The van der Waals surface area contributed by atoms with Gasteiger partial charge in [-0.05, 0) is 42.2 Å². The number of carbonyl (C=O) groups excluding carboxylic acids is 1. The fourth-order valence-electron chi connectivity index (χ4n) is 4.16. The highest BCUT2D eigenvalue weighted by Crippen LogP contribution is 2.34. The second kappa shape index (κ2) is 10.4. The van der Waals surface area contributed by atoms with E-state index < -0.39 is 16.3 Å². The van der Waals surface area contributed by atoms with Crippen molar-refractivity contribution in [3.8, 4) is 11.5 Å². The predicted molar refractivity (Wildman–Crippen MR) is 134 cm³/mol. The van der Waals surface area contributed by atoms with E-state index in [0.29, 0.717) is 52.9 Å². The molecular weight excluding hydrogens is 488 g/mol. The summed E-state index contributed by atoms with van der Waals surface area (Å²) < 4.78 is 44.3. The van der Waals surface area contributed by atoms with Gasteiger partial charge in [-0.25, -0.2) is 14.6 Å². The molecule has 0 radical (unpaired) electrons. The number of fused-ring (bicyclic) bond motifs is 2. The van der Waals surface area contributed by atoms with Crippen LogP contribution in [-0.2, 0) is 27.8 Å². The predicted octanol–water partition coefficient (Wildman–Crippen LogP) is 2.66. The third-order valence-corrected chi connectivity index (χ3v) is 7.36. The summed E-state index contributed by atoms with van der Waals surface area (Å²) in [5.41, 5.74) is 2.49. The average molecular weight is 517 g/mol. The Morgan fingerprint density at radius 1 is 1.14 bits per heavy atom. The summed E-state index contributed by atoms with van der Waals surface area (Å²) in [7, 11) is -1.08. The van der Waals surface area contributed by atoms with E-state index in [0.717, 1.165) is 21.9 Å². The Bertz CT molecular complexity index is 1450. The number of benzene rings is 2. The zero-order valence-corrected chi connectivity index (χ0v) is 21.1. The van der Waals surface area contributed by atoms with Gasteiger partial charge in [0.2, 0.25) is 0 Å². The van der Waals surface area contributed by atoms with E-state index in [1.165, 1.54) is 14.2 Å². The minimum absolute atomic E-state index is 0.157. The third kappa shape index (κ3) is 5.08. The number of ether oxygens (including phenoxy) is 3. The summed E-state index contributed by atoms with van der Waals surface area (Å²) in [5.74, 6) is 0.920. The number of amides is 1. The number of unbranched alkanes of at least 4 members (excludes halogenated alkanes) is 1. The molecule has 192 valence electrons. The molecule has 2 heterocycles. The smallest absolute Gasteiger partial charge is 0.422 e. The zero-order chi connectivity index (χ0) is 25.9. The molecule has 0 fully saturated rings. The number of aromatic nitrogens is 2. The second-order valence-corrected chi connectivity index (χ2v) is 9.91. The first-order valence-electron chi connectivity index (χ1n) is 11.5. The molecule has 0 atom stereocenters. The molecule has 0 spiro atoms. The zero-order valence-electron chi connectivity index (χ0n) is 20.3. The van der Waals surface area contributed by atoms with Crippen LogP contribution in [0.15, 0.2) is 35.1 Å². The van der Waals surface area contributed by atoms with Gasteiger partial charge in [-0.2, -0.15) is 13.5 Å². The van der Waals surface area contributed by atoms with Crippen molar-refractivity contribution in [1.29, 1.82) is 0 Å². The number of nitrogens with zero attached hydrogens (tertiary/aromatic N) is 2. The van der Waals surface area contributed by atoms with Crippen molar-refractivity contribution in [1.82, 2.24) is 14.9 Å². The van der Waals surface area contributed by atoms with Gasteiger partial charge < -0.3 is 14.2 Å². The normalized spacial score (nSPS) is 12.9. The molecule has 1 aliphatic rings. The Morgan fingerprint density at radius 2 is 1.86 bits per heavy atom. The number of methoxy groups -OCH3 is 2. The molecule has 0 unspecified atom stereocenters. The van der Waals surface area contributed by atoms with Crippen molar-refractivity contribution in [2.45, 2.75) is 32.6 Å². The Labute approximate surface area is 208 Å². The minimum Gasteiger partial charge on any atom is -0.493 e. The van der Waals surface area contributed by atoms with E-state index in [9.17, 15) is 18.0 Å². The van der Waals surface area contributed by atoms with Crippen LogP contribution in [0.1, 0.15) is 36.6 Å². The molecule has 12 heteroatoms. The Morgan fingerprint density at radius 3 is 2.56 bits per heavy atom. The van der Waals surface area contributed by atoms with Crippen molar-refractivity contribution in [3.63, 3.8) is 0 Å². The lowest BCUT2D eigenvalue weighted by Crippen LogP contribution is -2.43. The molecule has 1 amide bonds. The van der Waals surface area contributed by atoms with Crippen molar-refractivity contribution < 1.29 is 27.4 Å². The highest BCUT2D eigenvalue weighted by atomic mass is 32.2. The molecule has 36 heavy (non-hydrogen) atoms. The molecule has 0 saturated carbocycles. The van der Waals surface area contributed by atoms with Crippen LogP contribution in [0.5, 0.6) is 11.5 Å². The van der Waals surface area contributed by atoms with E-state index in [1.807, 2.05) is 17.7 Å². The van der Waals surface area contributed by atoms with Crippen LogP contribution in [0.3, 0.4) is 0 Å². The lowest BCUT2D eigenvalue weighted by molar-refractivity contribution is 0.151. The monoisotopic (exact) mass is 516 g/mol. The van der Waals surface area contributed by atoms with Crippen molar-refractivity contribution in [3.05, 3.63) is 57.5 Å². The molecule has 1 aliphatic heterocycles. The fraction of sp³-hybridized carbons (Fsp3) is 0.375. The average Bonchev–Trinajstić information content (AvgIpc) is 3.29. The largest absolute Gasteiger partial charge is 0.493 e. The van der Waals surface area contributed by atoms with Gasteiger partial charge in [-0.15, -0.1) is 0 Å². The van der Waals surface area contributed by atoms with Gasteiger partial charge in [0.05, 0.1) is 37.6 Å². The van der Waals surface area contributed by atoms with Gasteiger partial charge in [0.15, 0.2) is 11.5 Å². The molecule has 0 aliphatic carbocycles. The quantitative estimate of drug-likeness (QED) is 0.414. The van der Waals surface area contributed by atoms with Gasteiger partial charge in [-0.1, -0.05) is 25.5 Å². The molecule has 4 rings (SSSR count). The van der Waals surface area contributed by atoms with E-state index in [1.54, 1.807) is 24.3 Å². The number of anilines is 1. The summed E-state index contributed by atoms with van der Waals surface area (Å²) in [6.45, 7) is 2.30. The van der Waals surface area contributed by atoms with Crippen LogP contribution in [0.4, 0.5) is 10.5 Å². The highest BCUT2D eigenvalue weighted by molar-refractivity contribution is 7.91. The highest BCUT2D eigenvalue weighted by Gasteiger charge is 2.31. The lowest BCUT2D eigenvalue weighted by atomic mass is 10.0. The molecule has 0 bridgehead atoms. The van der Waals surface area contributed by atoms with E-state index >= 15 is 0 Å². The van der Waals surface area contributed by atoms with Crippen LogP contribution in [0.2, 0.25) is 0 Å². The number of nitrogens with one attached hydrogen (secondary N) is 2. The SMILES string of the molecule is CCCCOC(=O)NS(=O)(=O)N1CCc2cc(Cc3n[nH]c(=O)c4cc(OC)c(OC)cc34)ccc21. The van der Waals surface area contributed by atoms with E-state index in [4.69, 9.17) is 14.2 Å². The minimum atomic E-state index is -4.10. The maximum Gasteiger partial charge on any atom is 0.422 e. The maximum atomic E-state index is 12.8. The molecule has 1 aromatic heterocycles. The van der Waals surface area contributed by atoms with Crippen LogP contribution in [-0.4, -0.2) is 52.1 Å². The molecule has 3 aromatic rings. The van der Waals surface area contributed by atoms with Crippen molar-refractivity contribution >= 4 is 32.8 Å². The standard InChI is InChI=1S/C24H28N4O7S/c1-4-5-10-35-24(30)27-36(31,32)28-9-8-16-11-15(6-7-20(16)28)12-19-17-13-21(33-2)22(34-3)14-18(17)23(29)26-25-19/h6-7,11,13-14H,4-5,8-10,12H2,1-3H3,(H,26,29)(H,27,30). The van der Waals surface area contributed by atoms with Crippen molar-refractivity contribution in [2.24, 2.45) is 0 Å². The second-order valence-electron chi connectivity index (χ2n) is 8.31. The summed E-state index contributed by atoms with van der Waals surface area (Å²) >= 11 is 0. The first kappa shape index (κ1) is 25.3. The van der Waals surface area contributed by atoms with Crippen LogP contribution in [0.25, 0.3) is 10.8 Å². The summed E-state index contributed by atoms with van der Waals surface area (Å²) in [5, 5.41) is 7.82. The van der Waals surface area contributed by atoms with Crippen LogP contribution in [0, 0.1) is 0 Å². The first-order chi connectivity index (χ1) is 17.3. The molecular formula is C24H28N4O7S. The summed E-state index contributed by atoms with van der Waals surface area (Å²) in [4.78, 5) is 24.3. The molecule has 0 saturated heterocycles. The number of carbonyl (C=O) groups is 1. The van der Waals surface area contributed by atoms with Gasteiger partial charge in [0.25, 0.3) is 5.56 Å². The third-order valence-electron chi connectivity index (χ3n) is 5.97. The van der Waals surface area contributed by atoms with Gasteiger partial charge >= 0.3 is 16.3 Å². The Hall–Kier alpha value is -3.80. The molecule has 2 N–H and O–H groups in total. The fourth-order valence-corrected chi connectivity index (χ4v) is 5.30. The van der Waals surface area contributed by atoms with Crippen molar-refractivity contribution in [2.75, 3.05) is 31.7 Å². The Kier molecular flexibility index (Phi) is 7.34. The first-order valence-corrected chi connectivity index (χ1v) is 12.9. The number of aromatic amines is 1. The summed E-state index contributed by atoms with van der Waals surface area (Å²) in [6.07, 6.45) is 1.37. The lowest BCUT2D eigenvalue weighted by Gasteiger charge is -2.19. The Balaban J connectivity index is 1.58. The van der Waals surface area contributed by atoms with Gasteiger partial charge in [0.1, 0.15) is 0 Å². The number of H-pyrrole nitrogens is 1. The van der Waals surface area contributed by atoms with E-state index in [2.05, 4.69) is 10.2 Å². The maximum absolute atomic E-state index is 12.8. The summed E-state index contributed by atoms with van der Waals surface area (Å²) in [6, 6.07) is 8.74. The molecule has 11 nitrogen and oxygen atoms in total. The number of hydrogen-bond donors (Lipinski definition) is 2. The van der Waals surface area contributed by atoms with Gasteiger partial charge in [-0.3, -0.25) is 9.10 Å². The number of hydrogen-bond acceptors (Lipinski definition) is 8. The number of rotatable bonds is 9. The van der Waals surface area contributed by atoms with Crippen LogP contribution < -0.4 is 24.1 Å². The molecule has 2 aromatic carbocycles.